The minimum atomic E-state index is -0.833. The third kappa shape index (κ3) is 20.3. The molecule has 0 saturated carbocycles. The van der Waals surface area contributed by atoms with E-state index in [9.17, 15) is 19.2 Å². The predicted octanol–water partition coefficient (Wildman–Crippen LogP) is 4.20. The third-order valence-electron chi connectivity index (χ3n) is 3.97. The van der Waals surface area contributed by atoms with Gasteiger partial charge in [0.25, 0.3) is 5.97 Å². The van der Waals surface area contributed by atoms with E-state index in [1.165, 1.54) is 34.1 Å². The number of ketones is 3. The highest BCUT2D eigenvalue weighted by molar-refractivity contribution is 9.10. The highest BCUT2D eigenvalue weighted by Gasteiger charge is 2.14. The molecule has 0 bridgehead atoms. The molecule has 11 nitrogen and oxygen atoms in total. The Balaban J connectivity index is 0. The van der Waals surface area contributed by atoms with Crippen LogP contribution in [0.15, 0.2) is 69.0 Å². The fraction of sp³-hybridized carbons (Fsp3) is 0.296. The zero-order chi connectivity index (χ0) is 31.4. The summed E-state index contributed by atoms with van der Waals surface area (Å²) in [6, 6.07) is 7.26. The van der Waals surface area contributed by atoms with Crippen molar-refractivity contribution in [2.75, 3.05) is 26.9 Å². The number of carbonyl (C=O) groups is 5. The van der Waals surface area contributed by atoms with E-state index < -0.39 is 11.9 Å². The number of allylic oxidation sites excluding steroid dienone is 2. The Labute approximate surface area is 250 Å². The van der Waals surface area contributed by atoms with Gasteiger partial charge in [-0.15, -0.1) is 0 Å². The molecule has 0 saturated heterocycles. The number of nitrogen functional groups attached to an aromatic ring is 1. The largest absolute Gasteiger partial charge is 0.481 e. The molecule has 0 spiro atoms. The average Bonchev–Trinajstić information content (AvgIpc) is 2.82. The number of carboxylic acid groups (broad SMARTS) is 1. The predicted molar refractivity (Wildman–Crippen MR) is 159 cm³/mol. The lowest BCUT2D eigenvalue weighted by atomic mass is 10.1. The fourth-order valence-corrected chi connectivity index (χ4v) is 3.11. The van der Waals surface area contributed by atoms with Crippen molar-refractivity contribution < 1.29 is 33.8 Å². The van der Waals surface area contributed by atoms with Crippen molar-refractivity contribution in [2.45, 2.75) is 34.1 Å². The van der Waals surface area contributed by atoms with E-state index in [0.717, 1.165) is 21.6 Å². The maximum atomic E-state index is 11.2. The number of halogens is 2. The second-order valence-corrected chi connectivity index (χ2v) is 9.70. The van der Waals surface area contributed by atoms with Gasteiger partial charge in [0.2, 0.25) is 0 Å². The number of hydrogen-bond donors (Lipinski definition) is 2. The molecule has 2 aromatic rings. The molecule has 3 N–H and O–H groups in total. The maximum absolute atomic E-state index is 11.2. The molecule has 2 heterocycles. The van der Waals surface area contributed by atoms with E-state index in [1.54, 1.807) is 43.5 Å². The molecule has 0 aliphatic rings. The summed E-state index contributed by atoms with van der Waals surface area (Å²) in [5.74, 6) is -1.60. The monoisotopic (exact) mass is 684 g/mol. The molecule has 2 aromatic heterocycles. The number of nitrogens with two attached hydrogens (primary N) is 1. The normalized spacial score (nSPS) is 9.57. The van der Waals surface area contributed by atoms with Crippen molar-refractivity contribution in [3.8, 4) is 0 Å². The van der Waals surface area contributed by atoms with Crippen LogP contribution in [0, 0.1) is 0 Å². The van der Waals surface area contributed by atoms with Crippen molar-refractivity contribution in [3.05, 3.63) is 74.7 Å². The van der Waals surface area contributed by atoms with Crippen LogP contribution in [0.1, 0.15) is 33.4 Å². The Kier molecular flexibility index (Phi) is 20.3. The van der Waals surface area contributed by atoms with Crippen LogP contribution in [0.25, 0.3) is 0 Å². The smallest absolute Gasteiger partial charge is 0.342 e. The van der Waals surface area contributed by atoms with Crippen LogP contribution in [-0.4, -0.2) is 70.5 Å². The number of esters is 1. The van der Waals surface area contributed by atoms with Crippen LogP contribution in [0.2, 0.25) is 0 Å². The summed E-state index contributed by atoms with van der Waals surface area (Å²) in [6.07, 6.45) is 6.87. The van der Waals surface area contributed by atoms with E-state index in [1.807, 2.05) is 18.2 Å². The van der Waals surface area contributed by atoms with Gasteiger partial charge in [0.1, 0.15) is 11.4 Å². The van der Waals surface area contributed by atoms with Gasteiger partial charge in [0.05, 0.1) is 12.7 Å². The zero-order valence-electron chi connectivity index (χ0n) is 23.4. The average molecular weight is 686 g/mol. The maximum Gasteiger partial charge on any atom is 0.342 e. The number of Topliss-reactive ketones (excluding diaryl/α,β-unsaturated/α-hetero) is 3. The highest BCUT2D eigenvalue weighted by atomic mass is 79.9. The summed E-state index contributed by atoms with van der Waals surface area (Å²) in [6.45, 7) is 5.19. The van der Waals surface area contributed by atoms with E-state index in [-0.39, 0.29) is 28.5 Å². The molecular weight excluding hydrogens is 652 g/mol. The number of pyridine rings is 2. The van der Waals surface area contributed by atoms with Crippen molar-refractivity contribution >= 4 is 67.0 Å². The standard InChI is InChI=1S/C12H12BrNO2.C8H13NO3.C5H5BrN2.C2H4O2/c1-8(15)12(9(2)16)4-3-11-7-10(13)5-6-14-11;1-6(10)7(5-9(2)3)8(11)12-4;6-4-1-2-8-5(7)3-4;1-2(3)4/h4-7H,3H2,1-2H3;5H,1-4H3;1-3H,(H2,7,8);1H3,(H,3,4)/b;7-5-;;. The molecule has 0 aliphatic carbocycles. The summed E-state index contributed by atoms with van der Waals surface area (Å²) in [5, 5.41) is 7.42. The van der Waals surface area contributed by atoms with Crippen LogP contribution in [0.4, 0.5) is 5.82 Å². The number of carboxylic acids is 1. The van der Waals surface area contributed by atoms with Crippen molar-refractivity contribution in [1.82, 2.24) is 14.9 Å². The number of rotatable bonds is 7. The Bertz CT molecular complexity index is 1190. The van der Waals surface area contributed by atoms with Gasteiger partial charge in [0.15, 0.2) is 17.3 Å². The molecule has 0 radical (unpaired) electrons. The number of hydrogen-bond acceptors (Lipinski definition) is 10. The van der Waals surface area contributed by atoms with Gasteiger partial charge >= 0.3 is 5.97 Å². The first kappa shape index (κ1) is 38.4. The van der Waals surface area contributed by atoms with Crippen molar-refractivity contribution in [2.24, 2.45) is 0 Å². The molecule has 2 rings (SSSR count). The second kappa shape index (κ2) is 21.2. The molecule has 0 aromatic carbocycles. The topological polar surface area (TPSA) is 170 Å². The zero-order valence-corrected chi connectivity index (χ0v) is 26.6. The first-order valence-corrected chi connectivity index (χ1v) is 13.0. The fourth-order valence-electron chi connectivity index (χ4n) is 2.38. The van der Waals surface area contributed by atoms with Gasteiger partial charge in [-0.05, 0) is 45.0 Å². The molecule has 13 heteroatoms. The second-order valence-electron chi connectivity index (χ2n) is 7.87. The lowest BCUT2D eigenvalue weighted by Gasteiger charge is -2.07. The SMILES string of the molecule is CC(=O)C(=CCc1cc(Br)ccn1)C(C)=O.CC(=O)O.COC(=O)/C(=C\N(C)C)C(C)=O.Nc1cc(Br)ccn1. The van der Waals surface area contributed by atoms with E-state index in [0.29, 0.717) is 12.2 Å². The highest BCUT2D eigenvalue weighted by Crippen LogP contribution is 2.11. The Morgan fingerprint density at radius 3 is 1.68 bits per heavy atom. The Morgan fingerprint density at radius 2 is 1.35 bits per heavy atom. The summed E-state index contributed by atoms with van der Waals surface area (Å²) < 4.78 is 6.31. The van der Waals surface area contributed by atoms with Gasteiger partial charge < -0.3 is 20.5 Å². The first-order valence-electron chi connectivity index (χ1n) is 11.4. The molecule has 0 amide bonds. The van der Waals surface area contributed by atoms with Gasteiger partial charge in [-0.2, -0.15) is 0 Å². The minimum Gasteiger partial charge on any atom is -0.481 e. The number of aliphatic carboxylic acids is 1. The summed E-state index contributed by atoms with van der Waals surface area (Å²) in [7, 11) is 4.70. The molecular formula is C27H34Br2N4O7. The lowest BCUT2D eigenvalue weighted by molar-refractivity contribution is -0.138. The van der Waals surface area contributed by atoms with Gasteiger partial charge in [-0.25, -0.2) is 9.78 Å². The minimum absolute atomic E-state index is 0.0579. The molecule has 40 heavy (non-hydrogen) atoms. The number of aromatic nitrogens is 2. The third-order valence-corrected chi connectivity index (χ3v) is 4.95. The first-order chi connectivity index (χ1) is 18.5. The summed E-state index contributed by atoms with van der Waals surface area (Å²) in [4.78, 5) is 62.7. The number of ether oxygens (including phenoxy) is 1. The number of carbonyl (C=O) groups excluding carboxylic acids is 4. The Morgan fingerprint density at radius 1 is 0.900 bits per heavy atom. The van der Waals surface area contributed by atoms with Crippen molar-refractivity contribution in [1.29, 1.82) is 0 Å². The molecule has 218 valence electrons. The quantitative estimate of drug-likeness (QED) is 0.185. The van der Waals surface area contributed by atoms with Crippen LogP contribution in [0.5, 0.6) is 0 Å². The van der Waals surface area contributed by atoms with Crippen LogP contribution in [0.3, 0.4) is 0 Å². The van der Waals surface area contributed by atoms with Gasteiger partial charge in [-0.1, -0.05) is 37.9 Å². The summed E-state index contributed by atoms with van der Waals surface area (Å²) in [5.41, 5.74) is 6.43. The van der Waals surface area contributed by atoms with Gasteiger partial charge in [0, 0.05) is 60.7 Å². The number of nitrogens with zero attached hydrogens (tertiary/aromatic N) is 3. The molecule has 0 fully saturated rings. The van der Waals surface area contributed by atoms with E-state index >= 15 is 0 Å². The van der Waals surface area contributed by atoms with Crippen molar-refractivity contribution in [3.63, 3.8) is 0 Å². The van der Waals surface area contributed by atoms with Crippen LogP contribution in [-0.2, 0) is 35.1 Å². The van der Waals surface area contributed by atoms with E-state index in [4.69, 9.17) is 15.6 Å². The van der Waals surface area contributed by atoms with Gasteiger partial charge in [-0.3, -0.25) is 24.2 Å². The molecule has 0 unspecified atom stereocenters. The Hall–Kier alpha value is -3.71. The summed E-state index contributed by atoms with van der Waals surface area (Å²) >= 11 is 6.57. The van der Waals surface area contributed by atoms with Crippen LogP contribution < -0.4 is 5.73 Å². The van der Waals surface area contributed by atoms with Crippen LogP contribution >= 0.6 is 31.9 Å². The molecule has 0 atom stereocenters. The lowest BCUT2D eigenvalue weighted by Crippen LogP contribution is -2.15. The molecule has 0 aliphatic heterocycles. The van der Waals surface area contributed by atoms with E-state index in [2.05, 4.69) is 46.6 Å². The number of methoxy groups -OCH3 is 1. The number of anilines is 1.